The van der Waals surface area contributed by atoms with E-state index in [0.29, 0.717) is 17.2 Å². The standard InChI is InChI=1S/C21H21N3OS2/c1-13(2)12-26-21-23-17-16-5-4-10-22-19(16)27-18(17)20(25)24(21)11-15-8-6-14(3)7-9-15/h4-10,13H,11-12H2,1-3H3. The molecular formula is C21H21N3OS2. The number of hydrogen-bond donors (Lipinski definition) is 0. The van der Waals surface area contributed by atoms with Gasteiger partial charge in [-0.1, -0.05) is 55.4 Å². The molecule has 6 heteroatoms. The fourth-order valence-electron chi connectivity index (χ4n) is 2.91. The lowest BCUT2D eigenvalue weighted by molar-refractivity contribution is 0.656. The summed E-state index contributed by atoms with van der Waals surface area (Å²) in [7, 11) is 0. The molecule has 0 spiro atoms. The van der Waals surface area contributed by atoms with E-state index in [1.807, 2.05) is 16.7 Å². The molecule has 0 amide bonds. The Bertz CT molecular complexity index is 1160. The van der Waals surface area contributed by atoms with Crippen LogP contribution in [0.3, 0.4) is 0 Å². The van der Waals surface area contributed by atoms with Crippen LogP contribution in [-0.2, 0) is 6.54 Å². The van der Waals surface area contributed by atoms with Gasteiger partial charge in [0, 0.05) is 17.3 Å². The summed E-state index contributed by atoms with van der Waals surface area (Å²) in [5.74, 6) is 1.45. The highest BCUT2D eigenvalue weighted by molar-refractivity contribution is 7.99. The number of thiophene rings is 1. The van der Waals surface area contributed by atoms with Gasteiger partial charge in [0.05, 0.1) is 12.1 Å². The van der Waals surface area contributed by atoms with E-state index >= 15 is 0 Å². The Kier molecular flexibility index (Phi) is 5.02. The first-order valence-electron chi connectivity index (χ1n) is 8.99. The van der Waals surface area contributed by atoms with Gasteiger partial charge in [-0.3, -0.25) is 9.36 Å². The highest BCUT2D eigenvalue weighted by Gasteiger charge is 2.17. The van der Waals surface area contributed by atoms with Crippen LogP contribution in [0.4, 0.5) is 0 Å². The maximum atomic E-state index is 13.3. The molecule has 0 bridgehead atoms. The van der Waals surface area contributed by atoms with E-state index in [9.17, 15) is 4.79 Å². The highest BCUT2D eigenvalue weighted by atomic mass is 32.2. The largest absolute Gasteiger partial charge is 0.282 e. The molecule has 3 aromatic heterocycles. The summed E-state index contributed by atoms with van der Waals surface area (Å²) < 4.78 is 2.50. The number of benzene rings is 1. The number of fused-ring (bicyclic) bond motifs is 3. The average molecular weight is 396 g/mol. The Labute approximate surface area is 166 Å². The Morgan fingerprint density at radius 1 is 1.19 bits per heavy atom. The monoisotopic (exact) mass is 395 g/mol. The van der Waals surface area contributed by atoms with Crippen LogP contribution in [0, 0.1) is 12.8 Å². The minimum Gasteiger partial charge on any atom is -0.282 e. The number of aromatic nitrogens is 3. The van der Waals surface area contributed by atoms with Gasteiger partial charge in [-0.05, 0) is 30.5 Å². The zero-order valence-corrected chi connectivity index (χ0v) is 17.2. The average Bonchev–Trinajstić information content (AvgIpc) is 3.03. The summed E-state index contributed by atoms with van der Waals surface area (Å²) >= 11 is 3.09. The molecule has 0 radical (unpaired) electrons. The van der Waals surface area contributed by atoms with Gasteiger partial charge in [0.1, 0.15) is 9.53 Å². The van der Waals surface area contributed by atoms with E-state index in [1.54, 1.807) is 18.0 Å². The molecule has 1 aromatic carbocycles. The molecule has 4 nitrogen and oxygen atoms in total. The lowest BCUT2D eigenvalue weighted by Gasteiger charge is -2.13. The maximum absolute atomic E-state index is 13.3. The number of rotatable bonds is 5. The first kappa shape index (κ1) is 18.2. The maximum Gasteiger partial charge on any atom is 0.272 e. The van der Waals surface area contributed by atoms with Crippen molar-refractivity contribution < 1.29 is 0 Å². The van der Waals surface area contributed by atoms with Gasteiger partial charge in [0.15, 0.2) is 5.16 Å². The van der Waals surface area contributed by atoms with Crippen molar-refractivity contribution in [2.24, 2.45) is 5.92 Å². The SMILES string of the molecule is Cc1ccc(Cn2c(SCC(C)C)nc3c(sc4ncccc43)c2=O)cc1. The summed E-state index contributed by atoms with van der Waals surface area (Å²) in [6.45, 7) is 6.96. The second-order valence-electron chi connectivity index (χ2n) is 7.11. The minimum atomic E-state index is 0.0230. The van der Waals surface area contributed by atoms with Crippen LogP contribution >= 0.6 is 23.1 Å². The number of nitrogens with zero attached hydrogens (tertiary/aromatic N) is 3. The molecular weight excluding hydrogens is 374 g/mol. The molecule has 0 saturated carbocycles. The Hall–Kier alpha value is -2.18. The summed E-state index contributed by atoms with van der Waals surface area (Å²) in [6.07, 6.45) is 1.76. The van der Waals surface area contributed by atoms with Crippen molar-refractivity contribution >= 4 is 43.5 Å². The van der Waals surface area contributed by atoms with Crippen LogP contribution in [-0.4, -0.2) is 20.3 Å². The van der Waals surface area contributed by atoms with Crippen LogP contribution in [0.2, 0.25) is 0 Å². The molecule has 0 saturated heterocycles. The van der Waals surface area contributed by atoms with Crippen LogP contribution in [0.5, 0.6) is 0 Å². The third-order valence-electron chi connectivity index (χ3n) is 4.32. The summed E-state index contributed by atoms with van der Waals surface area (Å²) in [4.78, 5) is 23.5. The van der Waals surface area contributed by atoms with Gasteiger partial charge in [-0.15, -0.1) is 11.3 Å². The second kappa shape index (κ2) is 7.44. The van der Waals surface area contributed by atoms with E-state index in [2.05, 4.69) is 50.0 Å². The third-order valence-corrected chi connectivity index (χ3v) is 6.82. The second-order valence-corrected chi connectivity index (χ2v) is 9.10. The molecule has 0 aliphatic heterocycles. The molecule has 0 fully saturated rings. The molecule has 4 aromatic rings. The van der Waals surface area contributed by atoms with Crippen LogP contribution in [0.1, 0.15) is 25.0 Å². The zero-order chi connectivity index (χ0) is 19.0. The van der Waals surface area contributed by atoms with Crippen molar-refractivity contribution in [1.82, 2.24) is 14.5 Å². The first-order chi connectivity index (χ1) is 13.0. The summed E-state index contributed by atoms with van der Waals surface area (Å²) in [5.41, 5.74) is 3.12. The number of hydrogen-bond acceptors (Lipinski definition) is 5. The Morgan fingerprint density at radius 2 is 1.96 bits per heavy atom. The van der Waals surface area contributed by atoms with Crippen LogP contribution in [0.15, 0.2) is 52.5 Å². The van der Waals surface area contributed by atoms with Crippen LogP contribution < -0.4 is 5.56 Å². The smallest absolute Gasteiger partial charge is 0.272 e. The van der Waals surface area contributed by atoms with E-state index in [4.69, 9.17) is 4.98 Å². The van der Waals surface area contributed by atoms with E-state index in [1.165, 1.54) is 16.9 Å². The fraction of sp³-hybridized carbons (Fsp3) is 0.286. The number of aryl methyl sites for hydroxylation is 1. The number of pyridine rings is 1. The Balaban J connectivity index is 1.89. The molecule has 3 heterocycles. The normalized spacial score (nSPS) is 11.7. The molecule has 138 valence electrons. The fourth-order valence-corrected chi connectivity index (χ4v) is 4.88. The molecule has 0 unspecified atom stereocenters. The van der Waals surface area contributed by atoms with Crippen LogP contribution in [0.25, 0.3) is 20.4 Å². The quantitative estimate of drug-likeness (QED) is 0.348. The summed E-state index contributed by atoms with van der Waals surface area (Å²) in [6, 6.07) is 12.2. The highest BCUT2D eigenvalue weighted by Crippen LogP contribution is 2.31. The summed E-state index contributed by atoms with van der Waals surface area (Å²) in [5, 5.41) is 1.74. The van der Waals surface area contributed by atoms with Crippen molar-refractivity contribution in [1.29, 1.82) is 0 Å². The number of thioether (sulfide) groups is 1. The zero-order valence-electron chi connectivity index (χ0n) is 15.6. The lowest BCUT2D eigenvalue weighted by atomic mass is 10.1. The van der Waals surface area contributed by atoms with Gasteiger partial charge in [-0.2, -0.15) is 0 Å². The van der Waals surface area contributed by atoms with Crippen molar-refractivity contribution in [2.45, 2.75) is 32.5 Å². The third kappa shape index (κ3) is 3.64. The van der Waals surface area contributed by atoms with Gasteiger partial charge in [-0.25, -0.2) is 9.97 Å². The Morgan fingerprint density at radius 3 is 2.70 bits per heavy atom. The molecule has 0 atom stereocenters. The minimum absolute atomic E-state index is 0.0230. The lowest BCUT2D eigenvalue weighted by Crippen LogP contribution is -2.23. The van der Waals surface area contributed by atoms with Crippen molar-refractivity contribution in [3.05, 3.63) is 64.1 Å². The topological polar surface area (TPSA) is 47.8 Å². The van der Waals surface area contributed by atoms with E-state index in [0.717, 1.165) is 32.2 Å². The molecule has 0 aliphatic rings. The van der Waals surface area contributed by atoms with Gasteiger partial charge < -0.3 is 0 Å². The first-order valence-corrected chi connectivity index (χ1v) is 10.8. The van der Waals surface area contributed by atoms with Gasteiger partial charge in [0.2, 0.25) is 0 Å². The van der Waals surface area contributed by atoms with Crippen molar-refractivity contribution in [3.63, 3.8) is 0 Å². The molecule has 0 aliphatic carbocycles. The van der Waals surface area contributed by atoms with Gasteiger partial charge in [0.25, 0.3) is 5.56 Å². The molecule has 0 N–H and O–H groups in total. The van der Waals surface area contributed by atoms with E-state index in [-0.39, 0.29) is 5.56 Å². The predicted molar refractivity (Wildman–Crippen MR) is 115 cm³/mol. The molecule has 4 rings (SSSR count). The predicted octanol–water partition coefficient (Wildman–Crippen LogP) is 5.11. The van der Waals surface area contributed by atoms with Gasteiger partial charge >= 0.3 is 0 Å². The van der Waals surface area contributed by atoms with Crippen molar-refractivity contribution in [3.8, 4) is 0 Å². The van der Waals surface area contributed by atoms with Crippen molar-refractivity contribution in [2.75, 3.05) is 5.75 Å². The molecule has 27 heavy (non-hydrogen) atoms. The van der Waals surface area contributed by atoms with E-state index < -0.39 is 0 Å².